The van der Waals surface area contributed by atoms with E-state index in [2.05, 4.69) is 46.1 Å². The fourth-order valence-corrected chi connectivity index (χ4v) is 6.35. The first-order chi connectivity index (χ1) is 21.3. The van der Waals surface area contributed by atoms with Crippen molar-refractivity contribution >= 4 is 55.6 Å². The summed E-state index contributed by atoms with van der Waals surface area (Å²) in [5.74, 6) is 0.703. The van der Waals surface area contributed by atoms with Gasteiger partial charge in [0, 0.05) is 49.4 Å². The molecule has 1 aliphatic rings. The minimum Gasteiger partial charge on any atom is -0.379 e. The van der Waals surface area contributed by atoms with E-state index in [1.807, 2.05) is 16.9 Å². The van der Waals surface area contributed by atoms with Crippen LogP contribution in [-0.2, 0) is 23.9 Å². The number of fused-ring (bicyclic) bond motifs is 1. The zero-order chi connectivity index (χ0) is 30.5. The second kappa shape index (κ2) is 13.2. The summed E-state index contributed by atoms with van der Waals surface area (Å²) >= 11 is 2.81. The number of benzene rings is 1. The quantitative estimate of drug-likeness (QED) is 0.191. The normalized spacial score (nSPS) is 14.2. The van der Waals surface area contributed by atoms with E-state index in [9.17, 15) is 18.0 Å². The number of thiazole rings is 1. The predicted octanol–water partition coefficient (Wildman–Crippen LogP) is 5.06. The van der Waals surface area contributed by atoms with Gasteiger partial charge in [-0.3, -0.25) is 14.9 Å². The molecule has 0 radical (unpaired) electrons. The lowest BCUT2D eigenvalue weighted by Crippen LogP contribution is -2.38. The lowest BCUT2D eigenvalue weighted by Gasteiger charge is -2.26. The number of anilines is 3. The molecule has 12 nitrogen and oxygen atoms in total. The van der Waals surface area contributed by atoms with Crippen molar-refractivity contribution in [3.05, 3.63) is 59.5 Å². The Bertz CT molecular complexity index is 1730. The van der Waals surface area contributed by atoms with Crippen LogP contribution < -0.4 is 16.0 Å². The summed E-state index contributed by atoms with van der Waals surface area (Å²) in [6.07, 6.45) is 1.21. The Labute approximate surface area is 257 Å². The Morgan fingerprint density at radius 1 is 1.05 bits per heavy atom. The summed E-state index contributed by atoms with van der Waals surface area (Å²) < 4.78 is 47.0. The largest absolute Gasteiger partial charge is 0.416 e. The second-order valence-electron chi connectivity index (χ2n) is 9.83. The van der Waals surface area contributed by atoms with E-state index < -0.39 is 17.8 Å². The molecule has 0 aliphatic carbocycles. The van der Waals surface area contributed by atoms with Gasteiger partial charge in [0.15, 0.2) is 5.13 Å². The van der Waals surface area contributed by atoms with Crippen molar-refractivity contribution in [1.29, 1.82) is 0 Å². The van der Waals surface area contributed by atoms with Gasteiger partial charge in [0.25, 0.3) is 0 Å². The Kier molecular flexibility index (Phi) is 8.96. The topological polar surface area (TPSA) is 135 Å². The number of ether oxygens (including phenoxy) is 1. The molecular formula is C27H27F3N10O2S2. The number of rotatable bonds is 10. The predicted molar refractivity (Wildman–Crippen MR) is 162 cm³/mol. The van der Waals surface area contributed by atoms with Gasteiger partial charge in [-0.1, -0.05) is 11.3 Å². The summed E-state index contributed by atoms with van der Waals surface area (Å²) in [5, 5.41) is 17.3. The highest BCUT2D eigenvalue weighted by Crippen LogP contribution is 2.35. The molecule has 5 heterocycles. The number of carbonyl (C=O) groups is 1. The number of halogens is 3. The Morgan fingerprint density at radius 2 is 1.91 bits per heavy atom. The molecule has 1 aromatic carbocycles. The number of hydrogen-bond acceptors (Lipinski definition) is 11. The molecule has 230 valence electrons. The van der Waals surface area contributed by atoms with Crippen molar-refractivity contribution in [2.24, 2.45) is 0 Å². The van der Waals surface area contributed by atoms with Gasteiger partial charge in [-0.05, 0) is 24.3 Å². The molecule has 44 heavy (non-hydrogen) atoms. The molecule has 1 saturated heterocycles. The van der Waals surface area contributed by atoms with Gasteiger partial charge >= 0.3 is 12.2 Å². The molecule has 2 amide bonds. The zero-order valence-corrected chi connectivity index (χ0v) is 24.8. The number of thiophene rings is 1. The van der Waals surface area contributed by atoms with Crippen molar-refractivity contribution in [1.82, 2.24) is 34.8 Å². The minimum atomic E-state index is -4.50. The van der Waals surface area contributed by atoms with Gasteiger partial charge in [-0.15, -0.1) is 27.8 Å². The molecular weight excluding hydrogens is 617 g/mol. The van der Waals surface area contributed by atoms with Gasteiger partial charge in [0.1, 0.15) is 17.8 Å². The number of carbonyl (C=O) groups excluding carboxylic acids is 1. The molecule has 1 aliphatic heterocycles. The van der Waals surface area contributed by atoms with Crippen molar-refractivity contribution in [3.63, 3.8) is 0 Å². The molecule has 0 unspecified atom stereocenters. The number of morpholine rings is 1. The van der Waals surface area contributed by atoms with Crippen molar-refractivity contribution in [3.8, 4) is 10.6 Å². The van der Waals surface area contributed by atoms with Crippen LogP contribution >= 0.6 is 22.7 Å². The number of urea groups is 1. The summed E-state index contributed by atoms with van der Waals surface area (Å²) in [5.41, 5.74) is 0.769. The average Bonchev–Trinajstić information content (AvgIpc) is 3.77. The van der Waals surface area contributed by atoms with Crippen LogP contribution in [0.15, 0.2) is 49.1 Å². The van der Waals surface area contributed by atoms with E-state index in [-0.39, 0.29) is 5.69 Å². The minimum absolute atomic E-state index is 0.0274. The van der Waals surface area contributed by atoms with E-state index in [4.69, 9.17) is 4.74 Å². The highest BCUT2D eigenvalue weighted by molar-refractivity contribution is 7.22. The summed E-state index contributed by atoms with van der Waals surface area (Å²) in [6, 6.07) is 5.72. The third-order valence-corrected chi connectivity index (χ3v) is 8.86. The Balaban J connectivity index is 1.01. The van der Waals surface area contributed by atoms with E-state index >= 15 is 0 Å². The number of alkyl halides is 3. The standard InChI is InChI=1S/C27H27F3N10O2S2/c28-27(29,30)17-2-1-3-18(12-17)35-25(41)36-26-32-14-19(43-26)4-5-31-24-23-20(33-16-34-24)13-22(44-23)21-15-40(38-37-21)7-6-39-8-10-42-11-9-39/h1-3,12-16H,4-11H2,(H,31,33,34)(H2,32,35,36,41). The van der Waals surface area contributed by atoms with Gasteiger partial charge in [-0.25, -0.2) is 19.7 Å². The van der Waals surface area contributed by atoms with Crippen LogP contribution in [0.5, 0.6) is 0 Å². The zero-order valence-electron chi connectivity index (χ0n) is 23.2. The molecule has 1 fully saturated rings. The third kappa shape index (κ3) is 7.47. The number of aromatic nitrogens is 6. The van der Waals surface area contributed by atoms with Crippen molar-refractivity contribution < 1.29 is 22.7 Å². The molecule has 17 heteroatoms. The van der Waals surface area contributed by atoms with Crippen LogP contribution in [0.3, 0.4) is 0 Å². The molecule has 0 spiro atoms. The van der Waals surface area contributed by atoms with E-state index in [0.717, 1.165) is 77.2 Å². The van der Waals surface area contributed by atoms with E-state index in [1.54, 1.807) is 6.20 Å². The number of hydrogen-bond donors (Lipinski definition) is 3. The SMILES string of the molecule is O=C(Nc1cccc(C(F)(F)F)c1)Nc1ncc(CCNc2ncnc3cc(-c4cn(CCN5CCOCC5)nn4)sc23)s1. The first-order valence-corrected chi connectivity index (χ1v) is 15.3. The number of nitrogens with one attached hydrogen (secondary N) is 3. The van der Waals surface area contributed by atoms with Crippen LogP contribution in [-0.4, -0.2) is 80.3 Å². The first kappa shape index (κ1) is 29.9. The maximum atomic E-state index is 12.9. The highest BCUT2D eigenvalue weighted by atomic mass is 32.1. The van der Waals surface area contributed by atoms with Crippen molar-refractivity contribution in [2.45, 2.75) is 19.1 Å². The molecule has 5 aromatic rings. The lowest BCUT2D eigenvalue weighted by atomic mass is 10.2. The smallest absolute Gasteiger partial charge is 0.379 e. The van der Waals surface area contributed by atoms with E-state index in [0.29, 0.717) is 23.9 Å². The molecule has 0 bridgehead atoms. The summed E-state index contributed by atoms with van der Waals surface area (Å²) in [7, 11) is 0. The molecule has 4 aromatic heterocycles. The van der Waals surface area contributed by atoms with Crippen LogP contribution in [0.4, 0.5) is 34.6 Å². The Hall–Kier alpha value is -4.19. The van der Waals surface area contributed by atoms with Crippen LogP contribution in [0, 0.1) is 0 Å². The monoisotopic (exact) mass is 644 g/mol. The second-order valence-corrected chi connectivity index (χ2v) is 12.0. The van der Waals surface area contributed by atoms with Crippen LogP contribution in [0.2, 0.25) is 0 Å². The lowest BCUT2D eigenvalue weighted by molar-refractivity contribution is -0.137. The van der Waals surface area contributed by atoms with Gasteiger partial charge in [0.05, 0.1) is 46.6 Å². The maximum Gasteiger partial charge on any atom is 0.416 e. The average molecular weight is 645 g/mol. The number of amides is 2. The maximum absolute atomic E-state index is 12.9. The molecule has 0 saturated carbocycles. The number of nitrogens with zero attached hydrogens (tertiary/aromatic N) is 7. The molecule has 6 rings (SSSR count). The van der Waals surface area contributed by atoms with Gasteiger partial charge in [-0.2, -0.15) is 13.2 Å². The van der Waals surface area contributed by atoms with E-state index in [1.165, 1.54) is 41.1 Å². The summed E-state index contributed by atoms with van der Waals surface area (Å²) in [4.78, 5) is 29.5. The fraction of sp³-hybridized carbons (Fsp3) is 0.333. The van der Waals surface area contributed by atoms with Gasteiger partial charge in [0.2, 0.25) is 0 Å². The Morgan fingerprint density at radius 3 is 2.75 bits per heavy atom. The summed E-state index contributed by atoms with van der Waals surface area (Å²) in [6.45, 7) is 5.57. The fourth-order valence-electron chi connectivity index (χ4n) is 4.51. The highest BCUT2D eigenvalue weighted by Gasteiger charge is 2.30. The third-order valence-electron chi connectivity index (χ3n) is 6.74. The van der Waals surface area contributed by atoms with Crippen LogP contribution in [0.1, 0.15) is 10.4 Å². The first-order valence-electron chi connectivity index (χ1n) is 13.7. The van der Waals surface area contributed by atoms with Crippen molar-refractivity contribution in [2.75, 3.05) is 55.3 Å². The molecule has 0 atom stereocenters. The van der Waals surface area contributed by atoms with Crippen LogP contribution in [0.25, 0.3) is 20.8 Å². The van der Waals surface area contributed by atoms with Gasteiger partial charge < -0.3 is 15.4 Å². The molecule has 3 N–H and O–H groups in total.